The van der Waals surface area contributed by atoms with E-state index in [0.717, 1.165) is 17.0 Å². The highest BCUT2D eigenvalue weighted by Crippen LogP contribution is 2.29. The molecule has 0 spiro atoms. The molecule has 1 aromatic carbocycles. The quantitative estimate of drug-likeness (QED) is 0.793. The van der Waals surface area contributed by atoms with Crippen molar-refractivity contribution in [2.75, 3.05) is 6.61 Å². The minimum atomic E-state index is 0.0679. The van der Waals surface area contributed by atoms with Crippen LogP contribution in [-0.4, -0.2) is 26.2 Å². The zero-order valence-corrected chi connectivity index (χ0v) is 11.7. The van der Waals surface area contributed by atoms with Crippen molar-refractivity contribution in [2.45, 2.75) is 13.3 Å². The van der Waals surface area contributed by atoms with Crippen LogP contribution in [0.3, 0.4) is 0 Å². The maximum Gasteiger partial charge on any atom is 0.131 e. The molecule has 102 valence electrons. The number of hydrogen-bond donors (Lipinski definition) is 1. The Morgan fingerprint density at radius 2 is 2.00 bits per heavy atom. The highest BCUT2D eigenvalue weighted by Gasteiger charge is 2.11. The Hall–Kier alpha value is -2.20. The summed E-state index contributed by atoms with van der Waals surface area (Å²) < 4.78 is 2.10. The van der Waals surface area contributed by atoms with Crippen LogP contribution in [0.1, 0.15) is 11.5 Å². The molecule has 0 unspecified atom stereocenters. The number of aliphatic hydroxyl groups excluding tert-OH is 1. The zero-order chi connectivity index (χ0) is 14.1. The Kier molecular flexibility index (Phi) is 3.24. The van der Waals surface area contributed by atoms with Crippen molar-refractivity contribution in [1.29, 1.82) is 0 Å². The summed E-state index contributed by atoms with van der Waals surface area (Å²) in [6, 6.07) is 10.3. The highest BCUT2D eigenvalue weighted by atomic mass is 16.3. The van der Waals surface area contributed by atoms with Gasteiger partial charge in [-0.05, 0) is 19.1 Å². The first-order valence-electron chi connectivity index (χ1n) is 6.69. The fourth-order valence-electron chi connectivity index (χ4n) is 2.53. The molecule has 1 N–H and O–H groups in total. The number of aliphatic hydroxyl groups is 1. The number of nitrogens with zero attached hydrogens (tertiary/aromatic N) is 3. The normalized spacial score (nSPS) is 11.2. The van der Waals surface area contributed by atoms with E-state index in [9.17, 15) is 0 Å². The predicted molar refractivity (Wildman–Crippen MR) is 79.5 cm³/mol. The minimum absolute atomic E-state index is 0.0679. The summed E-state index contributed by atoms with van der Waals surface area (Å²) in [4.78, 5) is 8.93. The minimum Gasteiger partial charge on any atom is -0.396 e. The summed E-state index contributed by atoms with van der Waals surface area (Å²) in [5, 5.41) is 10.2. The van der Waals surface area contributed by atoms with E-state index in [1.807, 2.05) is 32.2 Å². The maximum atomic E-state index is 9.06. The molecule has 0 fully saturated rings. The summed E-state index contributed by atoms with van der Waals surface area (Å²) >= 11 is 0. The maximum absolute atomic E-state index is 9.06. The van der Waals surface area contributed by atoms with Crippen LogP contribution in [0.5, 0.6) is 0 Å². The van der Waals surface area contributed by atoms with Gasteiger partial charge in [0.15, 0.2) is 0 Å². The molecular weight excluding hydrogens is 250 g/mol. The van der Waals surface area contributed by atoms with Gasteiger partial charge in [-0.1, -0.05) is 18.2 Å². The third-order valence-corrected chi connectivity index (χ3v) is 3.41. The summed E-state index contributed by atoms with van der Waals surface area (Å²) in [7, 11) is 2.04. The molecule has 2 aromatic heterocycles. The molecular formula is C16H17N3O. The van der Waals surface area contributed by atoms with Gasteiger partial charge < -0.3 is 9.67 Å². The molecule has 0 aliphatic rings. The lowest BCUT2D eigenvalue weighted by molar-refractivity contribution is 0.296. The van der Waals surface area contributed by atoms with Crippen molar-refractivity contribution in [3.8, 4) is 11.3 Å². The monoisotopic (exact) mass is 267 g/mol. The largest absolute Gasteiger partial charge is 0.396 e. The number of fused-ring (bicyclic) bond motifs is 1. The number of aryl methyl sites for hydroxylation is 2. The smallest absolute Gasteiger partial charge is 0.131 e. The first-order valence-corrected chi connectivity index (χ1v) is 6.69. The lowest BCUT2D eigenvalue weighted by Gasteiger charge is -2.04. The number of benzene rings is 1. The molecule has 2 heterocycles. The lowest BCUT2D eigenvalue weighted by atomic mass is 10.1. The van der Waals surface area contributed by atoms with Crippen LogP contribution in [0.2, 0.25) is 0 Å². The topological polar surface area (TPSA) is 50.9 Å². The van der Waals surface area contributed by atoms with Gasteiger partial charge in [-0.2, -0.15) is 0 Å². The van der Waals surface area contributed by atoms with Crippen molar-refractivity contribution in [3.05, 3.63) is 48.0 Å². The number of para-hydroxylation sites is 1. The first kappa shape index (κ1) is 12.8. The molecule has 0 saturated carbocycles. The lowest BCUT2D eigenvalue weighted by Crippen LogP contribution is -2.01. The van der Waals surface area contributed by atoms with Crippen LogP contribution in [0.25, 0.3) is 22.2 Å². The van der Waals surface area contributed by atoms with Crippen molar-refractivity contribution < 1.29 is 5.11 Å². The summed E-state index contributed by atoms with van der Waals surface area (Å²) in [6.07, 6.45) is 2.58. The van der Waals surface area contributed by atoms with E-state index in [0.29, 0.717) is 12.2 Å². The average molecular weight is 267 g/mol. The van der Waals surface area contributed by atoms with E-state index >= 15 is 0 Å². The van der Waals surface area contributed by atoms with Crippen LogP contribution >= 0.6 is 0 Å². The third kappa shape index (κ3) is 2.18. The number of rotatable bonds is 3. The summed E-state index contributed by atoms with van der Waals surface area (Å²) in [6.45, 7) is 2.02. The zero-order valence-electron chi connectivity index (χ0n) is 11.7. The fraction of sp³-hybridized carbons (Fsp3) is 0.250. The third-order valence-electron chi connectivity index (χ3n) is 3.41. The molecule has 4 nitrogen and oxygen atoms in total. The van der Waals surface area contributed by atoms with Gasteiger partial charge in [-0.15, -0.1) is 0 Å². The molecule has 20 heavy (non-hydrogen) atoms. The van der Waals surface area contributed by atoms with E-state index in [4.69, 9.17) is 5.11 Å². The Labute approximate surface area is 117 Å². The predicted octanol–water partition coefficient (Wildman–Crippen LogP) is 2.48. The summed E-state index contributed by atoms with van der Waals surface area (Å²) in [5.41, 5.74) is 4.12. The van der Waals surface area contributed by atoms with Gasteiger partial charge in [-0.3, -0.25) is 0 Å². The molecule has 0 aliphatic carbocycles. The first-order chi connectivity index (χ1) is 9.69. The van der Waals surface area contributed by atoms with Gasteiger partial charge in [0.25, 0.3) is 0 Å². The van der Waals surface area contributed by atoms with Crippen LogP contribution in [0.15, 0.2) is 36.5 Å². The Morgan fingerprint density at radius 1 is 1.20 bits per heavy atom. The molecule has 0 aliphatic heterocycles. The van der Waals surface area contributed by atoms with E-state index < -0.39 is 0 Å². The summed E-state index contributed by atoms with van der Waals surface area (Å²) in [5.74, 6) is 0.690. The molecule has 0 saturated heterocycles. The van der Waals surface area contributed by atoms with Crippen molar-refractivity contribution in [3.63, 3.8) is 0 Å². The number of hydrogen-bond acceptors (Lipinski definition) is 3. The van der Waals surface area contributed by atoms with Gasteiger partial charge in [0.05, 0.1) is 12.3 Å². The SMILES string of the molecule is Cc1cc(-c2cn(C)c3ccccc23)nc(CCO)n1. The van der Waals surface area contributed by atoms with Crippen molar-refractivity contribution in [2.24, 2.45) is 7.05 Å². The van der Waals surface area contributed by atoms with E-state index in [-0.39, 0.29) is 6.61 Å². The Bertz CT molecular complexity index is 762. The van der Waals surface area contributed by atoms with Crippen molar-refractivity contribution >= 4 is 10.9 Å². The molecule has 0 atom stereocenters. The van der Waals surface area contributed by atoms with Crippen LogP contribution < -0.4 is 0 Å². The Balaban J connectivity index is 2.20. The Morgan fingerprint density at radius 3 is 2.80 bits per heavy atom. The molecule has 3 rings (SSSR count). The molecule has 3 aromatic rings. The van der Waals surface area contributed by atoms with E-state index in [1.54, 1.807) is 0 Å². The van der Waals surface area contributed by atoms with Gasteiger partial charge in [0, 0.05) is 41.8 Å². The van der Waals surface area contributed by atoms with Crippen molar-refractivity contribution in [1.82, 2.24) is 14.5 Å². The van der Waals surface area contributed by atoms with Crippen LogP contribution in [0, 0.1) is 6.92 Å². The van der Waals surface area contributed by atoms with E-state index in [2.05, 4.69) is 32.9 Å². The molecule has 0 amide bonds. The van der Waals surface area contributed by atoms with Crippen LogP contribution in [-0.2, 0) is 13.5 Å². The molecule has 0 radical (unpaired) electrons. The molecule has 0 bridgehead atoms. The molecule has 4 heteroatoms. The van der Waals surface area contributed by atoms with Crippen LogP contribution in [0.4, 0.5) is 0 Å². The fourth-order valence-corrected chi connectivity index (χ4v) is 2.53. The second-order valence-electron chi connectivity index (χ2n) is 4.96. The van der Waals surface area contributed by atoms with Gasteiger partial charge >= 0.3 is 0 Å². The van der Waals surface area contributed by atoms with Gasteiger partial charge in [0.2, 0.25) is 0 Å². The second-order valence-corrected chi connectivity index (χ2v) is 4.96. The number of aromatic nitrogens is 3. The highest BCUT2D eigenvalue weighted by molar-refractivity contribution is 5.95. The van der Waals surface area contributed by atoms with Gasteiger partial charge in [-0.25, -0.2) is 9.97 Å². The second kappa shape index (κ2) is 5.06. The van der Waals surface area contributed by atoms with Gasteiger partial charge in [0.1, 0.15) is 5.82 Å². The standard InChI is InChI=1S/C16H17N3O/c1-11-9-14(18-16(17-11)7-8-20)13-10-19(2)15-6-4-3-5-12(13)15/h3-6,9-10,20H,7-8H2,1-2H3. The van der Waals surface area contributed by atoms with E-state index in [1.165, 1.54) is 10.9 Å². The average Bonchev–Trinajstić information content (AvgIpc) is 2.77.